The van der Waals surface area contributed by atoms with E-state index in [0.29, 0.717) is 27.9 Å². The normalized spacial score (nSPS) is 16.7. The molecule has 0 radical (unpaired) electrons. The summed E-state index contributed by atoms with van der Waals surface area (Å²) in [6.07, 6.45) is 3.82. The van der Waals surface area contributed by atoms with E-state index in [1.807, 2.05) is 19.8 Å². The van der Waals surface area contributed by atoms with Gasteiger partial charge in [0.25, 0.3) is 11.8 Å². The molecule has 68 heavy (non-hydrogen) atoms. The number of hydrogen-bond acceptors (Lipinski definition) is 12. The minimum Gasteiger partial charge on any atom is -0.481 e. The van der Waals surface area contributed by atoms with Gasteiger partial charge in [0.15, 0.2) is 26.2 Å². The highest BCUT2D eigenvalue weighted by Crippen LogP contribution is 2.42. The first kappa shape index (κ1) is 52.4. The van der Waals surface area contributed by atoms with Crippen LogP contribution in [-0.4, -0.2) is 187 Å². The molecule has 4 rings (SSSR count). The standard InChI is InChI=1S/C38H48N10O20/c49-24(6-4-22(35(64)65)40-37(68)41-23(36(66)67)5-7-29(52)53)39-21(34(62)63)3-1-2-12-48-19-25-42(13-27(50)44(15-30(54)55)16-31(56)57)8-10-46(25)38(48)47-11-9-43(26(47)20-48)14-28(51)45(17-32(58)59)18-33(60)61/h8-11,21-23,38H,1-7,12-20H2,(H8-3,39,40,41,49,52,53,54,55,56,57,58,59,60,61,62,63,64,65,66,67,68)/p+3/t21-,22?,23?,38?,48?/m1/s1. The number of aliphatic carboxylic acids is 8. The monoisotopic (exact) mass is 967 g/mol. The molecule has 370 valence electrons. The Morgan fingerprint density at radius 1 is 0.559 bits per heavy atom. The molecular weight excluding hydrogens is 916 g/mol. The van der Waals surface area contributed by atoms with Crippen molar-refractivity contribution >= 4 is 71.5 Å². The SMILES string of the molecule is O=C(O)CCC(NC(=O)NC(CCC(=O)N[C@H](CCCC[N+]12Cc3n(cc[n+]3CC(=O)N(CC(=O)O)CC(=O)O)C1n1cc[n+](CC(=O)N(CC(=O)O)CC(=O)O)c1C2)C(=O)O)C(=O)O)C(=O)O. The van der Waals surface area contributed by atoms with Gasteiger partial charge in [0.2, 0.25) is 5.91 Å². The second-order valence-electron chi connectivity index (χ2n) is 16.0. The number of aromatic nitrogens is 4. The number of carboxylic acids is 8. The van der Waals surface area contributed by atoms with E-state index in [2.05, 4.69) is 5.32 Å². The fraction of sp³-hybridized carbons (Fsp3) is 0.526. The first-order valence-corrected chi connectivity index (χ1v) is 20.6. The number of unbranched alkanes of at least 4 members (excludes halogenated alkanes) is 1. The lowest BCUT2D eigenvalue weighted by Crippen LogP contribution is -2.51. The van der Waals surface area contributed by atoms with E-state index in [9.17, 15) is 93.3 Å². The van der Waals surface area contributed by atoms with E-state index in [1.165, 1.54) is 9.13 Å². The van der Waals surface area contributed by atoms with Gasteiger partial charge in [-0.25, -0.2) is 32.8 Å². The van der Waals surface area contributed by atoms with Gasteiger partial charge in [-0.15, -0.1) is 9.13 Å². The highest BCUT2D eigenvalue weighted by atomic mass is 16.4. The van der Waals surface area contributed by atoms with Crippen molar-refractivity contribution in [2.75, 3.05) is 32.7 Å². The van der Waals surface area contributed by atoms with Crippen LogP contribution in [0.2, 0.25) is 0 Å². The van der Waals surface area contributed by atoms with Crippen molar-refractivity contribution in [1.29, 1.82) is 0 Å². The molecule has 0 aromatic carbocycles. The van der Waals surface area contributed by atoms with Crippen molar-refractivity contribution in [2.45, 2.75) is 95.5 Å². The molecule has 0 spiro atoms. The smallest absolute Gasteiger partial charge is 0.380 e. The summed E-state index contributed by atoms with van der Waals surface area (Å²) in [5, 5.41) is 81.0. The van der Waals surface area contributed by atoms with E-state index in [1.54, 1.807) is 24.8 Å². The molecule has 30 heteroatoms. The molecule has 2 aromatic rings. The van der Waals surface area contributed by atoms with Crippen LogP contribution in [0, 0.1) is 0 Å². The maximum Gasteiger partial charge on any atom is 0.380 e. The maximum atomic E-state index is 13.2. The van der Waals surface area contributed by atoms with Gasteiger partial charge >= 0.3 is 71.7 Å². The summed E-state index contributed by atoms with van der Waals surface area (Å²) in [6, 6.07) is -6.15. The minimum absolute atomic E-state index is 0.130. The molecule has 0 saturated heterocycles. The fourth-order valence-corrected chi connectivity index (χ4v) is 8.04. The topological polar surface area (TPSA) is 427 Å². The first-order valence-electron chi connectivity index (χ1n) is 20.6. The molecule has 0 saturated carbocycles. The quantitative estimate of drug-likeness (QED) is 0.0207. The Labute approximate surface area is 382 Å². The van der Waals surface area contributed by atoms with Crippen molar-refractivity contribution < 1.29 is 112 Å². The fourth-order valence-electron chi connectivity index (χ4n) is 8.04. The van der Waals surface area contributed by atoms with Crippen molar-refractivity contribution in [3.8, 4) is 0 Å². The first-order chi connectivity index (χ1) is 31.9. The van der Waals surface area contributed by atoms with Crippen molar-refractivity contribution in [1.82, 2.24) is 34.9 Å². The van der Waals surface area contributed by atoms with Crippen molar-refractivity contribution in [2.24, 2.45) is 0 Å². The lowest BCUT2D eigenvalue weighted by Gasteiger charge is -2.28. The van der Waals surface area contributed by atoms with Crippen molar-refractivity contribution in [3.05, 3.63) is 36.4 Å². The molecule has 11 N–H and O–H groups in total. The van der Waals surface area contributed by atoms with Crippen LogP contribution in [0.4, 0.5) is 4.79 Å². The van der Waals surface area contributed by atoms with Crippen LogP contribution in [0.25, 0.3) is 0 Å². The minimum atomic E-state index is -1.74. The van der Waals surface area contributed by atoms with Crippen LogP contribution >= 0.6 is 0 Å². The number of rotatable bonds is 29. The summed E-state index contributed by atoms with van der Waals surface area (Å²) in [7, 11) is 0. The van der Waals surface area contributed by atoms with Crippen LogP contribution in [0.3, 0.4) is 0 Å². The number of quaternary nitrogens is 1. The number of carboxylic acid groups (broad SMARTS) is 8. The number of hydrogen-bond donors (Lipinski definition) is 11. The number of urea groups is 1. The van der Waals surface area contributed by atoms with Crippen LogP contribution in [-0.2, 0) is 78.9 Å². The zero-order valence-corrected chi connectivity index (χ0v) is 36.0. The molecule has 2 aliphatic heterocycles. The average Bonchev–Trinajstić information content (AvgIpc) is 3.95. The molecule has 5 amide bonds. The predicted octanol–water partition coefficient (Wildman–Crippen LogP) is -4.70. The number of amides is 5. The van der Waals surface area contributed by atoms with Crippen LogP contribution in [0.15, 0.2) is 24.8 Å². The third-order valence-corrected chi connectivity index (χ3v) is 11.1. The number of nitrogens with zero attached hydrogens (tertiary/aromatic N) is 7. The van der Waals surface area contributed by atoms with E-state index in [0.717, 1.165) is 0 Å². The van der Waals surface area contributed by atoms with E-state index < -0.39 is 161 Å². The summed E-state index contributed by atoms with van der Waals surface area (Å²) in [5.74, 6) is -13.1. The number of imidazole rings is 2. The molecule has 0 fully saturated rings. The molecule has 30 nitrogen and oxygen atoms in total. The van der Waals surface area contributed by atoms with Gasteiger partial charge in [-0.05, 0) is 32.1 Å². The van der Waals surface area contributed by atoms with Gasteiger partial charge in [0, 0.05) is 12.8 Å². The van der Waals surface area contributed by atoms with E-state index >= 15 is 0 Å². The molecule has 0 bridgehead atoms. The third kappa shape index (κ3) is 13.9. The lowest BCUT2D eigenvalue weighted by molar-refractivity contribution is -0.982. The Bertz CT molecular complexity index is 2210. The second-order valence-corrected chi connectivity index (χ2v) is 16.0. The van der Waals surface area contributed by atoms with Gasteiger partial charge in [-0.2, -0.15) is 0 Å². The zero-order valence-electron chi connectivity index (χ0n) is 36.0. The van der Waals surface area contributed by atoms with E-state index in [-0.39, 0.29) is 37.0 Å². The molecule has 2 aliphatic rings. The summed E-state index contributed by atoms with van der Waals surface area (Å²) in [6.45, 7) is -3.75. The summed E-state index contributed by atoms with van der Waals surface area (Å²) in [4.78, 5) is 145. The number of carbonyl (C=O) groups is 12. The van der Waals surface area contributed by atoms with Crippen molar-refractivity contribution in [3.63, 3.8) is 0 Å². The molecule has 3 atom stereocenters. The van der Waals surface area contributed by atoms with Gasteiger partial charge in [0.1, 0.15) is 69.1 Å². The molecule has 2 aromatic heterocycles. The maximum absolute atomic E-state index is 13.2. The van der Waals surface area contributed by atoms with E-state index in [4.69, 9.17) is 5.11 Å². The molecular formula is C38H51N10O20+3. The summed E-state index contributed by atoms with van der Waals surface area (Å²) >= 11 is 0. The average molecular weight is 968 g/mol. The largest absolute Gasteiger partial charge is 0.481 e. The molecule has 2 unspecified atom stereocenters. The molecule has 4 heterocycles. The number of fused-ring (bicyclic) bond motifs is 5. The summed E-state index contributed by atoms with van der Waals surface area (Å²) in [5.41, 5.74) is 0. The zero-order chi connectivity index (χ0) is 50.6. The Kier molecular flexibility index (Phi) is 17.6. The van der Waals surface area contributed by atoms with Gasteiger partial charge in [0.05, 0.1) is 6.54 Å². The summed E-state index contributed by atoms with van der Waals surface area (Å²) < 4.78 is 6.82. The Morgan fingerprint density at radius 3 is 1.34 bits per heavy atom. The van der Waals surface area contributed by atoms with Crippen LogP contribution in [0.1, 0.15) is 62.9 Å². The lowest BCUT2D eigenvalue weighted by atomic mass is 10.1. The van der Waals surface area contributed by atoms with Crippen LogP contribution in [0.5, 0.6) is 0 Å². The van der Waals surface area contributed by atoms with Crippen LogP contribution < -0.4 is 25.1 Å². The van der Waals surface area contributed by atoms with Gasteiger partial charge < -0.3 is 66.6 Å². The van der Waals surface area contributed by atoms with Gasteiger partial charge in [-0.1, -0.05) is 0 Å². The predicted molar refractivity (Wildman–Crippen MR) is 214 cm³/mol. The Hall–Kier alpha value is -8.18. The highest BCUT2D eigenvalue weighted by molar-refractivity contribution is 5.88. The second kappa shape index (κ2) is 22.8. The molecule has 0 aliphatic carbocycles. The van der Waals surface area contributed by atoms with Gasteiger partial charge in [-0.3, -0.25) is 38.4 Å². The third-order valence-electron chi connectivity index (χ3n) is 11.1. The number of carbonyl (C=O) groups excluding carboxylic acids is 4. The Balaban J connectivity index is 1.48. The Morgan fingerprint density at radius 2 is 0.956 bits per heavy atom. The highest BCUT2D eigenvalue weighted by Gasteiger charge is 2.63. The number of nitrogens with one attached hydrogen (secondary N) is 3.